The summed E-state index contributed by atoms with van der Waals surface area (Å²) in [7, 11) is 1.81. The number of carbonyl (C=O) groups is 2. The molecule has 1 heterocycles. The van der Waals surface area contributed by atoms with Crippen LogP contribution in [0.25, 0.3) is 0 Å². The minimum absolute atomic E-state index is 0.0523. The maximum atomic E-state index is 13.2. The van der Waals surface area contributed by atoms with E-state index >= 15 is 0 Å². The van der Waals surface area contributed by atoms with E-state index in [0.717, 1.165) is 24.2 Å². The summed E-state index contributed by atoms with van der Waals surface area (Å²) in [5, 5.41) is 1.64. The van der Waals surface area contributed by atoms with Crippen molar-refractivity contribution in [3.8, 4) is 0 Å². The SMILES string of the molecule is CCCCC1C(=O)N(c2ccccc2)[N+](C)(c2ccccc2)C1=O. The quantitative estimate of drug-likeness (QED) is 0.618. The Hall–Kier alpha value is -2.46. The third-order valence-electron chi connectivity index (χ3n) is 4.74. The zero-order valence-electron chi connectivity index (χ0n) is 14.2. The molecule has 1 aliphatic heterocycles. The number of amides is 2. The molecule has 2 atom stereocenters. The van der Waals surface area contributed by atoms with Crippen molar-refractivity contribution in [1.82, 2.24) is 4.59 Å². The predicted molar refractivity (Wildman–Crippen MR) is 96.1 cm³/mol. The van der Waals surface area contributed by atoms with E-state index < -0.39 is 5.92 Å². The lowest BCUT2D eigenvalue weighted by molar-refractivity contribution is -0.131. The normalized spacial score (nSPS) is 23.8. The van der Waals surface area contributed by atoms with Crippen molar-refractivity contribution in [3.63, 3.8) is 0 Å². The fraction of sp³-hybridized carbons (Fsp3) is 0.300. The molecule has 2 amide bonds. The van der Waals surface area contributed by atoms with Crippen molar-refractivity contribution < 1.29 is 9.59 Å². The van der Waals surface area contributed by atoms with E-state index in [4.69, 9.17) is 0 Å². The molecular formula is C20H23N2O2+. The number of rotatable bonds is 5. The van der Waals surface area contributed by atoms with Crippen LogP contribution in [-0.2, 0) is 9.59 Å². The van der Waals surface area contributed by atoms with Crippen LogP contribution in [-0.4, -0.2) is 18.9 Å². The first-order chi connectivity index (χ1) is 11.6. The summed E-state index contributed by atoms with van der Waals surface area (Å²) in [4.78, 5) is 26.3. The van der Waals surface area contributed by atoms with Crippen molar-refractivity contribution in [3.05, 3.63) is 60.7 Å². The molecule has 4 nitrogen and oxygen atoms in total. The van der Waals surface area contributed by atoms with Crippen LogP contribution >= 0.6 is 0 Å². The van der Waals surface area contributed by atoms with Gasteiger partial charge in [0.25, 0.3) is 5.91 Å². The lowest BCUT2D eigenvalue weighted by Gasteiger charge is -2.33. The largest absolute Gasteiger partial charge is 0.356 e. The number of quaternary nitrogens is 1. The van der Waals surface area contributed by atoms with Gasteiger partial charge in [-0.1, -0.05) is 56.2 Å². The highest BCUT2D eigenvalue weighted by molar-refractivity contribution is 6.19. The van der Waals surface area contributed by atoms with E-state index in [1.807, 2.05) is 67.7 Å². The van der Waals surface area contributed by atoms with Crippen molar-refractivity contribution >= 4 is 23.2 Å². The lowest BCUT2D eigenvalue weighted by atomic mass is 10.0. The van der Waals surface area contributed by atoms with Crippen LogP contribution in [0.3, 0.4) is 0 Å². The third-order valence-corrected chi connectivity index (χ3v) is 4.74. The summed E-state index contributed by atoms with van der Waals surface area (Å²) >= 11 is 0. The van der Waals surface area contributed by atoms with Crippen molar-refractivity contribution in [2.75, 3.05) is 12.1 Å². The molecule has 3 rings (SSSR count). The van der Waals surface area contributed by atoms with Crippen LogP contribution in [0.15, 0.2) is 60.7 Å². The number of nitrogens with zero attached hydrogens (tertiary/aromatic N) is 2. The number of para-hydroxylation sites is 2. The van der Waals surface area contributed by atoms with Crippen molar-refractivity contribution in [2.45, 2.75) is 26.2 Å². The fourth-order valence-electron chi connectivity index (χ4n) is 3.40. The molecule has 1 aliphatic rings. The van der Waals surface area contributed by atoms with Gasteiger partial charge in [0.15, 0.2) is 11.6 Å². The first kappa shape index (κ1) is 16.4. The Balaban J connectivity index is 2.12. The zero-order valence-corrected chi connectivity index (χ0v) is 14.2. The molecule has 124 valence electrons. The van der Waals surface area contributed by atoms with Crippen LogP contribution in [0.1, 0.15) is 26.2 Å². The Morgan fingerprint density at radius 1 is 0.958 bits per heavy atom. The highest BCUT2D eigenvalue weighted by Gasteiger charge is 2.59. The van der Waals surface area contributed by atoms with Gasteiger partial charge in [-0.25, -0.2) is 4.79 Å². The molecule has 0 bridgehead atoms. The van der Waals surface area contributed by atoms with E-state index in [2.05, 4.69) is 6.92 Å². The number of hydrogen-bond donors (Lipinski definition) is 0. The summed E-state index contributed by atoms with van der Waals surface area (Å²) in [6.07, 6.45) is 2.45. The van der Waals surface area contributed by atoms with Gasteiger partial charge < -0.3 is 0 Å². The van der Waals surface area contributed by atoms with Gasteiger partial charge in [-0.2, -0.15) is 0 Å². The molecule has 1 saturated heterocycles. The van der Waals surface area contributed by atoms with Gasteiger partial charge in [-0.15, -0.1) is 9.60 Å². The average molecular weight is 323 g/mol. The van der Waals surface area contributed by atoms with Crippen molar-refractivity contribution in [2.24, 2.45) is 5.92 Å². The van der Waals surface area contributed by atoms with Crippen LogP contribution in [0, 0.1) is 5.92 Å². The smallest absolute Gasteiger partial charge is 0.268 e. The van der Waals surface area contributed by atoms with Gasteiger partial charge in [-0.3, -0.25) is 4.79 Å². The number of benzene rings is 2. The third kappa shape index (κ3) is 2.53. The van der Waals surface area contributed by atoms with E-state index in [1.54, 1.807) is 5.01 Å². The highest BCUT2D eigenvalue weighted by atomic mass is 16.2. The number of carbonyl (C=O) groups excluding carboxylic acids is 2. The maximum absolute atomic E-state index is 13.2. The van der Waals surface area contributed by atoms with E-state index in [9.17, 15) is 9.59 Å². The zero-order chi connectivity index (χ0) is 17.2. The summed E-state index contributed by atoms with van der Waals surface area (Å²) in [5.74, 6) is -0.732. The van der Waals surface area contributed by atoms with Gasteiger partial charge in [0.05, 0.1) is 5.69 Å². The first-order valence-corrected chi connectivity index (χ1v) is 8.46. The standard InChI is InChI=1S/C20H23N2O2/c1-3-4-15-18-19(23)21(16-11-7-5-8-12-16)22(2,20(18)24)17-13-9-6-10-14-17/h5-14,18H,3-4,15H2,1-2H3/q+1. The second-order valence-corrected chi connectivity index (χ2v) is 6.31. The van der Waals surface area contributed by atoms with Gasteiger partial charge in [-0.05, 0) is 18.6 Å². The molecule has 0 spiro atoms. The average Bonchev–Trinajstić information content (AvgIpc) is 2.82. The molecule has 2 aromatic carbocycles. The number of anilines is 1. The minimum Gasteiger partial charge on any atom is -0.268 e. The molecule has 2 unspecified atom stereocenters. The van der Waals surface area contributed by atoms with E-state index in [0.29, 0.717) is 6.42 Å². The molecule has 1 fully saturated rings. The lowest BCUT2D eigenvalue weighted by Crippen LogP contribution is -2.58. The summed E-state index contributed by atoms with van der Waals surface area (Å²) in [5.41, 5.74) is 1.56. The molecule has 2 aromatic rings. The molecule has 0 radical (unpaired) electrons. The number of hydrogen-bond acceptors (Lipinski definition) is 2. The van der Waals surface area contributed by atoms with E-state index in [1.165, 1.54) is 0 Å². The maximum Gasteiger partial charge on any atom is 0.356 e. The molecule has 0 saturated carbocycles. The monoisotopic (exact) mass is 323 g/mol. The Kier molecular flexibility index (Phi) is 4.49. The predicted octanol–water partition coefficient (Wildman–Crippen LogP) is 3.92. The van der Waals surface area contributed by atoms with Crippen LogP contribution in [0.4, 0.5) is 11.4 Å². The Labute approximate surface area is 142 Å². The van der Waals surface area contributed by atoms with Crippen molar-refractivity contribution in [1.29, 1.82) is 0 Å². The van der Waals surface area contributed by atoms with Crippen LogP contribution < -0.4 is 9.60 Å². The summed E-state index contributed by atoms with van der Waals surface area (Å²) < 4.78 is -0.127. The molecule has 0 aliphatic carbocycles. The fourth-order valence-corrected chi connectivity index (χ4v) is 3.40. The Morgan fingerprint density at radius 2 is 1.54 bits per heavy atom. The topological polar surface area (TPSA) is 37.4 Å². The Morgan fingerprint density at radius 3 is 2.12 bits per heavy atom. The second-order valence-electron chi connectivity index (χ2n) is 6.31. The van der Waals surface area contributed by atoms with Gasteiger partial charge in [0.2, 0.25) is 0 Å². The molecular weight excluding hydrogens is 300 g/mol. The minimum atomic E-state index is -0.574. The first-order valence-electron chi connectivity index (χ1n) is 8.46. The van der Waals surface area contributed by atoms with Gasteiger partial charge in [0, 0.05) is 12.1 Å². The van der Waals surface area contributed by atoms with Gasteiger partial charge >= 0.3 is 5.91 Å². The highest BCUT2D eigenvalue weighted by Crippen LogP contribution is 2.38. The van der Waals surface area contributed by atoms with Crippen LogP contribution in [0.2, 0.25) is 0 Å². The molecule has 24 heavy (non-hydrogen) atoms. The second kappa shape index (κ2) is 6.57. The molecule has 0 aromatic heterocycles. The van der Waals surface area contributed by atoms with Gasteiger partial charge in [0.1, 0.15) is 7.05 Å². The Bertz CT molecular complexity index is 730. The summed E-state index contributed by atoms with van der Waals surface area (Å²) in [6.45, 7) is 2.07. The number of unbranched alkanes of at least 4 members (excludes halogenated alkanes) is 1. The molecule has 4 heteroatoms. The van der Waals surface area contributed by atoms with Crippen LogP contribution in [0.5, 0.6) is 0 Å². The summed E-state index contributed by atoms with van der Waals surface area (Å²) in [6, 6.07) is 19.0. The molecule has 0 N–H and O–H groups in total. The van der Waals surface area contributed by atoms with E-state index in [-0.39, 0.29) is 16.4 Å².